The molecule has 32 heavy (non-hydrogen) atoms. The number of ether oxygens (including phenoxy) is 1. The third-order valence-electron chi connectivity index (χ3n) is 4.93. The second kappa shape index (κ2) is 8.64. The highest BCUT2D eigenvalue weighted by atomic mass is 35.5. The minimum absolute atomic E-state index is 0.0825. The van der Waals surface area contributed by atoms with Crippen LogP contribution in [-0.2, 0) is 37.5 Å². The van der Waals surface area contributed by atoms with Crippen LogP contribution in [0.2, 0.25) is 5.02 Å². The highest BCUT2D eigenvalue weighted by Crippen LogP contribution is 2.33. The first kappa shape index (κ1) is 21.8. The van der Waals surface area contributed by atoms with Crippen molar-refractivity contribution in [3.63, 3.8) is 0 Å². The quantitative estimate of drug-likeness (QED) is 0.547. The predicted molar refractivity (Wildman–Crippen MR) is 118 cm³/mol. The van der Waals surface area contributed by atoms with Crippen LogP contribution < -0.4 is 15.4 Å². The zero-order chi connectivity index (χ0) is 22.9. The van der Waals surface area contributed by atoms with Gasteiger partial charge in [-0.2, -0.15) is 5.10 Å². The Kier molecular flexibility index (Phi) is 5.90. The first-order valence-electron chi connectivity index (χ1n) is 9.55. The molecule has 0 aliphatic carbocycles. The van der Waals surface area contributed by atoms with E-state index in [4.69, 9.17) is 16.3 Å². The number of nitrogens with zero attached hydrogens (tertiary/aromatic N) is 2. The molecule has 0 saturated carbocycles. The number of methoxy groups -OCH3 is 1. The van der Waals surface area contributed by atoms with Crippen molar-refractivity contribution in [3.8, 4) is 11.4 Å². The van der Waals surface area contributed by atoms with Crippen LogP contribution in [0, 0.1) is 0 Å². The molecule has 3 aromatic rings. The molecule has 0 saturated heterocycles. The van der Waals surface area contributed by atoms with Gasteiger partial charge in [-0.05, 0) is 30.3 Å². The number of fused-ring (bicyclic) bond motifs is 1. The average molecular weight is 475 g/mol. The molecule has 11 heteroatoms. The highest BCUT2D eigenvalue weighted by Gasteiger charge is 2.33. The van der Waals surface area contributed by atoms with E-state index >= 15 is 0 Å². The number of rotatable bonds is 5. The van der Waals surface area contributed by atoms with Crippen LogP contribution >= 0.6 is 11.6 Å². The topological polar surface area (TPSA) is 119 Å². The average Bonchev–Trinajstić information content (AvgIpc) is 3.24. The monoisotopic (exact) mass is 474 g/mol. The molecule has 0 bridgehead atoms. The Morgan fingerprint density at radius 3 is 2.53 bits per heavy atom. The maximum atomic E-state index is 12.6. The van der Waals surface area contributed by atoms with Crippen LogP contribution in [0.5, 0.6) is 5.75 Å². The summed E-state index contributed by atoms with van der Waals surface area (Å²) in [6.45, 7) is 0.0825. The lowest BCUT2D eigenvalue weighted by molar-refractivity contribution is -0.136. The van der Waals surface area contributed by atoms with Crippen LogP contribution in [0.4, 0.5) is 5.82 Å². The van der Waals surface area contributed by atoms with Crippen LogP contribution in [-0.4, -0.2) is 37.1 Å². The lowest BCUT2D eigenvalue weighted by Crippen LogP contribution is -2.35. The maximum absolute atomic E-state index is 12.6. The fraction of sp³-hybridized carbons (Fsp3) is 0.190. The molecule has 2 amide bonds. The van der Waals surface area contributed by atoms with Crippen LogP contribution in [0.3, 0.4) is 0 Å². The van der Waals surface area contributed by atoms with Crippen molar-refractivity contribution >= 4 is 39.1 Å². The fourth-order valence-electron chi connectivity index (χ4n) is 3.41. The molecular formula is C21H19ClN4O5S. The highest BCUT2D eigenvalue weighted by molar-refractivity contribution is 7.90. The van der Waals surface area contributed by atoms with E-state index in [2.05, 4.69) is 15.7 Å². The standard InChI is InChI=1S/C21H19ClN4O5S/c1-31-18-5-3-2-4-13(18)10-23-20(27)21(28)24-19-16-11-32(29,30)12-17(16)25-26(19)15-8-6-14(22)7-9-15/h2-9H,10-12H2,1H3,(H,23,27)(H,24,28). The number of para-hydroxylation sites is 1. The molecule has 1 aliphatic heterocycles. The van der Waals surface area contributed by atoms with Crippen molar-refractivity contribution < 1.29 is 22.7 Å². The van der Waals surface area contributed by atoms with Crippen LogP contribution in [0.25, 0.3) is 5.69 Å². The number of carbonyl (C=O) groups is 2. The number of anilines is 1. The van der Waals surface area contributed by atoms with Gasteiger partial charge in [0.25, 0.3) is 0 Å². The van der Waals surface area contributed by atoms with E-state index in [9.17, 15) is 18.0 Å². The summed E-state index contributed by atoms with van der Waals surface area (Å²) in [7, 11) is -1.85. The molecule has 0 unspecified atom stereocenters. The summed E-state index contributed by atoms with van der Waals surface area (Å²) in [4.78, 5) is 25.1. The van der Waals surface area contributed by atoms with E-state index in [1.807, 2.05) is 0 Å². The number of hydrogen-bond donors (Lipinski definition) is 2. The maximum Gasteiger partial charge on any atom is 0.314 e. The minimum Gasteiger partial charge on any atom is -0.496 e. The fourth-order valence-corrected chi connectivity index (χ4v) is 5.03. The molecule has 0 radical (unpaired) electrons. The van der Waals surface area contributed by atoms with Crippen molar-refractivity contribution in [3.05, 3.63) is 70.4 Å². The summed E-state index contributed by atoms with van der Waals surface area (Å²) >= 11 is 5.94. The molecule has 4 rings (SSSR count). The van der Waals surface area contributed by atoms with Gasteiger partial charge >= 0.3 is 11.8 Å². The molecule has 166 valence electrons. The first-order chi connectivity index (χ1) is 15.3. The van der Waals surface area contributed by atoms with E-state index in [1.165, 1.54) is 11.8 Å². The first-order valence-corrected chi connectivity index (χ1v) is 11.8. The number of aromatic nitrogens is 2. The third kappa shape index (κ3) is 4.46. The largest absolute Gasteiger partial charge is 0.496 e. The second-order valence-electron chi connectivity index (χ2n) is 7.14. The van der Waals surface area contributed by atoms with Gasteiger partial charge in [0.2, 0.25) is 0 Å². The third-order valence-corrected chi connectivity index (χ3v) is 6.62. The van der Waals surface area contributed by atoms with Crippen molar-refractivity contribution in [2.45, 2.75) is 18.1 Å². The van der Waals surface area contributed by atoms with E-state index in [0.29, 0.717) is 33.3 Å². The zero-order valence-corrected chi connectivity index (χ0v) is 18.5. The molecule has 0 spiro atoms. The molecule has 0 fully saturated rings. The number of carbonyl (C=O) groups excluding carboxylic acids is 2. The summed E-state index contributed by atoms with van der Waals surface area (Å²) in [5.74, 6) is -1.60. The Balaban J connectivity index is 1.57. The number of nitrogens with one attached hydrogen (secondary N) is 2. The number of hydrogen-bond acceptors (Lipinski definition) is 6. The van der Waals surface area contributed by atoms with Crippen molar-refractivity contribution in [2.24, 2.45) is 0 Å². The molecule has 1 aliphatic rings. The van der Waals surface area contributed by atoms with Crippen molar-refractivity contribution in [1.82, 2.24) is 15.1 Å². The second-order valence-corrected chi connectivity index (χ2v) is 9.64. The SMILES string of the molecule is COc1ccccc1CNC(=O)C(=O)Nc1c2c(nn1-c1ccc(Cl)cc1)CS(=O)(=O)C2. The van der Waals surface area contributed by atoms with Crippen molar-refractivity contribution in [1.29, 1.82) is 0 Å². The van der Waals surface area contributed by atoms with Crippen molar-refractivity contribution in [2.75, 3.05) is 12.4 Å². The summed E-state index contributed by atoms with van der Waals surface area (Å²) in [5, 5.41) is 9.93. The van der Waals surface area contributed by atoms with Gasteiger partial charge in [0.15, 0.2) is 9.84 Å². The molecule has 9 nitrogen and oxygen atoms in total. The molecular weight excluding hydrogens is 456 g/mol. The summed E-state index contributed by atoms with van der Waals surface area (Å²) in [6, 6.07) is 13.7. The molecule has 2 N–H and O–H groups in total. The lowest BCUT2D eigenvalue weighted by Gasteiger charge is -2.12. The summed E-state index contributed by atoms with van der Waals surface area (Å²) in [6.07, 6.45) is 0. The number of amides is 2. The Hall–Kier alpha value is -3.37. The smallest absolute Gasteiger partial charge is 0.314 e. The Labute approximate surface area is 189 Å². The number of sulfone groups is 1. The van der Waals surface area contributed by atoms with Gasteiger partial charge in [-0.3, -0.25) is 9.59 Å². The van der Waals surface area contributed by atoms with Gasteiger partial charge < -0.3 is 15.4 Å². The van der Waals surface area contributed by atoms with Gasteiger partial charge in [0.05, 0.1) is 30.0 Å². The summed E-state index contributed by atoms with van der Waals surface area (Å²) in [5.41, 5.74) is 1.97. The molecule has 2 aromatic carbocycles. The van der Waals surface area contributed by atoms with Crippen LogP contribution in [0.15, 0.2) is 48.5 Å². The van der Waals surface area contributed by atoms with E-state index in [-0.39, 0.29) is 23.9 Å². The molecule has 2 heterocycles. The van der Waals surface area contributed by atoms with E-state index in [0.717, 1.165) is 0 Å². The van der Waals surface area contributed by atoms with Gasteiger partial charge in [0.1, 0.15) is 11.6 Å². The van der Waals surface area contributed by atoms with Gasteiger partial charge in [-0.1, -0.05) is 29.8 Å². The number of benzene rings is 2. The summed E-state index contributed by atoms with van der Waals surface area (Å²) < 4.78 is 30.8. The normalized spacial score (nSPS) is 13.9. The van der Waals surface area contributed by atoms with Gasteiger partial charge in [0, 0.05) is 22.7 Å². The predicted octanol–water partition coefficient (Wildman–Crippen LogP) is 2.22. The zero-order valence-electron chi connectivity index (χ0n) is 17.0. The van der Waals surface area contributed by atoms with E-state index in [1.54, 1.807) is 48.5 Å². The Morgan fingerprint density at radius 1 is 1.09 bits per heavy atom. The Bertz CT molecular complexity index is 1300. The van der Waals surface area contributed by atoms with Gasteiger partial charge in [-0.15, -0.1) is 0 Å². The molecule has 1 aromatic heterocycles. The van der Waals surface area contributed by atoms with Crippen LogP contribution in [0.1, 0.15) is 16.8 Å². The Morgan fingerprint density at radius 2 is 1.81 bits per heavy atom. The lowest BCUT2D eigenvalue weighted by atomic mass is 10.2. The number of halogens is 1. The van der Waals surface area contributed by atoms with E-state index < -0.39 is 21.7 Å². The van der Waals surface area contributed by atoms with Gasteiger partial charge in [-0.25, -0.2) is 13.1 Å². The minimum atomic E-state index is -3.36. The molecule has 0 atom stereocenters.